The summed E-state index contributed by atoms with van der Waals surface area (Å²) in [5.74, 6) is 0. The fourth-order valence-corrected chi connectivity index (χ4v) is 2.60. The van der Waals surface area contributed by atoms with Crippen molar-refractivity contribution in [2.24, 2.45) is 0 Å². The van der Waals surface area contributed by atoms with Gasteiger partial charge in [0.05, 0.1) is 21.8 Å². The van der Waals surface area contributed by atoms with Crippen LogP contribution in [0.15, 0.2) is 16.9 Å². The first kappa shape index (κ1) is 16.2. The van der Waals surface area contributed by atoms with Crippen molar-refractivity contribution in [3.63, 3.8) is 0 Å². The molecule has 0 unspecified atom stereocenters. The Kier molecular flexibility index (Phi) is 4.52. The number of nitrogens with zero attached hydrogens (tertiary/aromatic N) is 2. The number of rotatable bonds is 5. The second-order valence-electron chi connectivity index (χ2n) is 4.34. The number of benzene rings is 1. The van der Waals surface area contributed by atoms with E-state index in [-0.39, 0.29) is 28.7 Å². The molecule has 0 bridgehead atoms. The van der Waals surface area contributed by atoms with E-state index in [1.165, 1.54) is 16.7 Å². The number of aromatic nitrogens is 2. The van der Waals surface area contributed by atoms with Gasteiger partial charge in [0.2, 0.25) is 0 Å². The summed E-state index contributed by atoms with van der Waals surface area (Å²) in [7, 11) is -3.90. The Morgan fingerprint density at radius 1 is 1.24 bits per heavy atom. The number of hydrogen-bond donors (Lipinski definition) is 1. The van der Waals surface area contributed by atoms with E-state index in [9.17, 15) is 13.2 Å². The molecule has 0 saturated heterocycles. The van der Waals surface area contributed by atoms with Gasteiger partial charge in [-0.1, -0.05) is 23.2 Å². The predicted octanol–water partition coefficient (Wildman–Crippen LogP) is 0.880. The topological polar surface area (TPSA) is 90.5 Å². The van der Waals surface area contributed by atoms with Crippen LogP contribution in [0.4, 0.5) is 0 Å². The van der Waals surface area contributed by atoms with Crippen molar-refractivity contribution < 1.29 is 17.8 Å². The number of imidazole rings is 1. The molecule has 116 valence electrons. The Balaban J connectivity index is 2.75. The van der Waals surface area contributed by atoms with E-state index in [0.29, 0.717) is 16.7 Å². The van der Waals surface area contributed by atoms with E-state index < -0.39 is 15.8 Å². The molecular formula is C11H12Cl2N2O5S. The first-order chi connectivity index (χ1) is 9.74. The molecule has 2 aromatic rings. The van der Waals surface area contributed by atoms with E-state index in [0.717, 1.165) is 6.26 Å². The van der Waals surface area contributed by atoms with Gasteiger partial charge in [0, 0.05) is 13.2 Å². The average Bonchev–Trinajstić information content (AvgIpc) is 2.60. The molecule has 1 aromatic carbocycles. The van der Waals surface area contributed by atoms with E-state index in [2.05, 4.69) is 0 Å². The van der Waals surface area contributed by atoms with Crippen molar-refractivity contribution in [1.82, 2.24) is 9.30 Å². The van der Waals surface area contributed by atoms with Gasteiger partial charge in [-0.05, 0) is 18.6 Å². The SMILES string of the molecule is CS(=O)(=O)On1c(=O)n(CCCO)c2cc(Cl)c(Cl)cc21. The largest absolute Gasteiger partial charge is 0.396 e. The Morgan fingerprint density at radius 2 is 1.81 bits per heavy atom. The highest BCUT2D eigenvalue weighted by atomic mass is 35.5. The van der Waals surface area contributed by atoms with Crippen molar-refractivity contribution in [3.8, 4) is 0 Å². The lowest BCUT2D eigenvalue weighted by atomic mass is 10.3. The van der Waals surface area contributed by atoms with Crippen molar-refractivity contribution in [3.05, 3.63) is 32.7 Å². The molecule has 0 aliphatic carbocycles. The van der Waals surface area contributed by atoms with E-state index in [4.69, 9.17) is 32.6 Å². The van der Waals surface area contributed by atoms with Gasteiger partial charge in [-0.2, -0.15) is 8.42 Å². The van der Waals surface area contributed by atoms with E-state index >= 15 is 0 Å². The molecule has 1 heterocycles. The number of aliphatic hydroxyl groups excluding tert-OH is 1. The van der Waals surface area contributed by atoms with Crippen LogP contribution >= 0.6 is 23.2 Å². The summed E-state index contributed by atoms with van der Waals surface area (Å²) in [5, 5.41) is 9.27. The molecule has 10 heteroatoms. The zero-order chi connectivity index (χ0) is 15.8. The normalized spacial score (nSPS) is 12.0. The van der Waals surface area contributed by atoms with Gasteiger partial charge in [-0.15, -0.1) is 4.73 Å². The van der Waals surface area contributed by atoms with Crippen LogP contribution in [0.25, 0.3) is 11.0 Å². The average molecular weight is 355 g/mol. The molecule has 7 nitrogen and oxygen atoms in total. The second kappa shape index (κ2) is 5.88. The predicted molar refractivity (Wildman–Crippen MR) is 79.3 cm³/mol. The van der Waals surface area contributed by atoms with Gasteiger partial charge < -0.3 is 5.11 Å². The number of halogens is 2. The zero-order valence-electron chi connectivity index (χ0n) is 10.9. The highest BCUT2D eigenvalue weighted by Crippen LogP contribution is 2.27. The molecular weight excluding hydrogens is 343 g/mol. The first-order valence-electron chi connectivity index (χ1n) is 5.85. The number of hydrogen-bond acceptors (Lipinski definition) is 5. The molecule has 0 radical (unpaired) electrons. The van der Waals surface area contributed by atoms with Crippen LogP contribution in [0.5, 0.6) is 0 Å². The van der Waals surface area contributed by atoms with Gasteiger partial charge in [-0.25, -0.2) is 4.79 Å². The minimum atomic E-state index is -3.90. The minimum Gasteiger partial charge on any atom is -0.396 e. The van der Waals surface area contributed by atoms with Crippen LogP contribution in [0.3, 0.4) is 0 Å². The molecule has 1 aromatic heterocycles. The second-order valence-corrected chi connectivity index (χ2v) is 6.71. The highest BCUT2D eigenvalue weighted by molar-refractivity contribution is 7.86. The summed E-state index contributed by atoms with van der Waals surface area (Å²) in [6, 6.07) is 2.79. The standard InChI is InChI=1S/C11H12Cl2N2O5S/c1-21(18,19)20-15-10-6-8(13)7(12)5-9(10)14(11(15)17)3-2-4-16/h5-6,16H,2-4H2,1H3. The molecule has 0 spiro atoms. The molecule has 0 aliphatic heterocycles. The summed E-state index contributed by atoms with van der Waals surface area (Å²) in [5.41, 5.74) is -0.147. The monoisotopic (exact) mass is 354 g/mol. The van der Waals surface area contributed by atoms with Crippen LogP contribution < -0.4 is 9.97 Å². The molecule has 0 fully saturated rings. The van der Waals surface area contributed by atoms with Crippen LogP contribution in [-0.4, -0.2) is 35.7 Å². The number of fused-ring (bicyclic) bond motifs is 1. The fourth-order valence-electron chi connectivity index (χ4n) is 1.87. The third kappa shape index (κ3) is 3.34. The van der Waals surface area contributed by atoms with E-state index in [1.54, 1.807) is 0 Å². The summed E-state index contributed by atoms with van der Waals surface area (Å²) in [6.45, 7) is 0.0668. The molecule has 0 atom stereocenters. The first-order valence-corrected chi connectivity index (χ1v) is 8.43. The minimum absolute atomic E-state index is 0.118. The maximum absolute atomic E-state index is 12.3. The van der Waals surface area contributed by atoms with Gasteiger partial charge in [0.15, 0.2) is 0 Å². The quantitative estimate of drug-likeness (QED) is 0.860. The lowest BCUT2D eigenvalue weighted by molar-refractivity contribution is 0.266. The number of aliphatic hydroxyl groups is 1. The summed E-state index contributed by atoms with van der Waals surface area (Å²) in [4.78, 5) is 12.3. The molecule has 21 heavy (non-hydrogen) atoms. The van der Waals surface area contributed by atoms with Crippen LogP contribution in [0.2, 0.25) is 10.0 Å². The van der Waals surface area contributed by atoms with Crippen molar-refractivity contribution in [1.29, 1.82) is 0 Å². The highest BCUT2D eigenvalue weighted by Gasteiger charge is 2.19. The smallest absolute Gasteiger partial charge is 0.363 e. The van der Waals surface area contributed by atoms with Gasteiger partial charge in [0.25, 0.3) is 0 Å². The van der Waals surface area contributed by atoms with Crippen molar-refractivity contribution in [2.45, 2.75) is 13.0 Å². The van der Waals surface area contributed by atoms with Gasteiger partial charge >= 0.3 is 15.8 Å². The van der Waals surface area contributed by atoms with Gasteiger partial charge in [0.1, 0.15) is 5.52 Å². The Morgan fingerprint density at radius 3 is 2.33 bits per heavy atom. The maximum Gasteiger partial charge on any atom is 0.363 e. The van der Waals surface area contributed by atoms with Crippen molar-refractivity contribution in [2.75, 3.05) is 12.9 Å². The van der Waals surface area contributed by atoms with Crippen molar-refractivity contribution >= 4 is 44.4 Å². The summed E-state index contributed by atoms with van der Waals surface area (Å²) in [6.07, 6.45) is 1.14. The summed E-state index contributed by atoms with van der Waals surface area (Å²) < 4.78 is 29.2. The molecule has 2 rings (SSSR count). The van der Waals surface area contributed by atoms with E-state index in [1.807, 2.05) is 0 Å². The maximum atomic E-state index is 12.3. The lowest BCUT2D eigenvalue weighted by Gasteiger charge is -2.03. The molecule has 0 saturated carbocycles. The van der Waals surface area contributed by atoms with Crippen LogP contribution in [0, 0.1) is 0 Å². The molecule has 0 aliphatic rings. The Hall–Kier alpha value is -1.22. The van der Waals surface area contributed by atoms with Crippen LogP contribution in [-0.2, 0) is 16.7 Å². The van der Waals surface area contributed by atoms with Gasteiger partial charge in [-0.3, -0.25) is 8.85 Å². The number of aryl methyl sites for hydroxylation is 1. The van der Waals surface area contributed by atoms with Crippen LogP contribution in [0.1, 0.15) is 6.42 Å². The molecule has 0 amide bonds. The summed E-state index contributed by atoms with van der Waals surface area (Å²) >= 11 is 11.8. The third-order valence-corrected chi connectivity index (χ3v) is 3.82. The fraction of sp³-hybridized carbons (Fsp3) is 0.364. The zero-order valence-corrected chi connectivity index (χ0v) is 13.2. The Bertz CT molecular complexity index is 840. The molecule has 1 N–H and O–H groups in total. The Labute approximate surface area is 130 Å². The third-order valence-electron chi connectivity index (χ3n) is 2.68. The lowest BCUT2D eigenvalue weighted by Crippen LogP contribution is -2.31.